The van der Waals surface area contributed by atoms with Gasteiger partial charge in [-0.3, -0.25) is 0 Å². The monoisotopic (exact) mass is 354 g/mol. The fraction of sp³-hybridized carbons (Fsp3) is 1.00. The molecule has 2 unspecified atom stereocenters. The van der Waals surface area contributed by atoms with E-state index in [1.807, 2.05) is 0 Å². The van der Waals surface area contributed by atoms with Crippen molar-refractivity contribution in [3.63, 3.8) is 0 Å². The zero-order valence-corrected chi connectivity index (χ0v) is 18.5. The van der Waals surface area contributed by atoms with E-state index in [-0.39, 0.29) is 0 Å². The number of hydrogen-bond acceptors (Lipinski definition) is 1. The second kappa shape index (κ2) is 9.19. The molecule has 0 spiro atoms. The van der Waals surface area contributed by atoms with Gasteiger partial charge in [-0.2, -0.15) is 0 Å². The Bertz CT molecular complexity index is 305. The maximum Gasteiger partial charge on any atom is 0.179 e. The quantitative estimate of drug-likeness (QED) is 0.407. The van der Waals surface area contributed by atoms with Gasteiger partial charge in [-0.1, -0.05) is 90.9 Å². The lowest BCUT2D eigenvalue weighted by molar-refractivity contribution is 0.395. The molecular weight excluding hydrogens is 312 g/mol. The molecule has 2 rings (SSSR count). The average Bonchev–Trinajstić information content (AvgIpc) is 2.57. The lowest BCUT2D eigenvalue weighted by Gasteiger charge is -2.48. The van der Waals surface area contributed by atoms with Crippen molar-refractivity contribution in [3.05, 3.63) is 0 Å². The highest BCUT2D eigenvalue weighted by molar-refractivity contribution is 6.87. The Morgan fingerprint density at radius 2 is 1.00 bits per heavy atom. The van der Waals surface area contributed by atoms with Gasteiger partial charge in [0, 0.05) is 0 Å². The molecule has 2 aliphatic rings. The molecule has 0 aromatic carbocycles. The topological polar surface area (TPSA) is 9.23 Å². The van der Waals surface area contributed by atoms with Crippen LogP contribution in [0.5, 0.6) is 0 Å². The Balaban J connectivity index is 2.15. The van der Waals surface area contributed by atoms with Gasteiger partial charge in [0.15, 0.2) is 16.6 Å². The van der Waals surface area contributed by atoms with Crippen molar-refractivity contribution in [2.75, 3.05) is 0 Å². The van der Waals surface area contributed by atoms with Gasteiger partial charge >= 0.3 is 0 Å². The van der Waals surface area contributed by atoms with Crippen LogP contribution in [0.1, 0.15) is 90.9 Å². The van der Waals surface area contributed by atoms with Gasteiger partial charge in [0.2, 0.25) is 0 Å². The average molecular weight is 355 g/mol. The molecule has 2 atom stereocenters. The lowest BCUT2D eigenvalue weighted by atomic mass is 10.0. The summed E-state index contributed by atoms with van der Waals surface area (Å²) in [6.45, 7) is 10.0. The SMILES string of the molecule is CCC[Si](C)(O[Si](C)(CCC)C1CCCCC1)C1CCCCC1. The molecule has 0 aromatic rings. The second-order valence-corrected chi connectivity index (χ2v) is 17.6. The van der Waals surface area contributed by atoms with Crippen LogP contribution in [-0.4, -0.2) is 16.6 Å². The van der Waals surface area contributed by atoms with Crippen LogP contribution in [0.25, 0.3) is 0 Å². The van der Waals surface area contributed by atoms with Crippen molar-refractivity contribution < 1.29 is 4.12 Å². The third-order valence-electron chi connectivity index (χ3n) is 6.90. The van der Waals surface area contributed by atoms with Gasteiger partial charge in [-0.15, -0.1) is 0 Å². The molecule has 2 aliphatic carbocycles. The fourth-order valence-electron chi connectivity index (χ4n) is 5.63. The van der Waals surface area contributed by atoms with Gasteiger partial charge < -0.3 is 4.12 Å². The first-order valence-electron chi connectivity index (χ1n) is 10.7. The van der Waals surface area contributed by atoms with Crippen molar-refractivity contribution in [2.45, 2.75) is 127 Å². The van der Waals surface area contributed by atoms with E-state index in [1.165, 1.54) is 89.1 Å². The first kappa shape index (κ1) is 19.7. The minimum atomic E-state index is -1.54. The molecule has 0 saturated heterocycles. The van der Waals surface area contributed by atoms with E-state index in [0.29, 0.717) is 0 Å². The normalized spacial score (nSPS) is 26.6. The van der Waals surface area contributed by atoms with E-state index in [1.54, 1.807) is 0 Å². The van der Waals surface area contributed by atoms with E-state index < -0.39 is 16.6 Å². The van der Waals surface area contributed by atoms with Crippen molar-refractivity contribution in [1.29, 1.82) is 0 Å². The molecule has 1 nitrogen and oxygen atoms in total. The zero-order valence-electron chi connectivity index (χ0n) is 16.5. The van der Waals surface area contributed by atoms with Crippen LogP contribution in [0.2, 0.25) is 36.3 Å². The molecule has 0 aromatic heterocycles. The molecule has 2 saturated carbocycles. The zero-order chi connectivity index (χ0) is 16.8. The molecule has 136 valence electrons. The summed E-state index contributed by atoms with van der Waals surface area (Å²) in [6, 6.07) is 2.83. The molecule has 2 fully saturated rings. The summed E-state index contributed by atoms with van der Waals surface area (Å²) in [5.74, 6) is 0. The van der Waals surface area contributed by atoms with Crippen molar-refractivity contribution in [2.24, 2.45) is 0 Å². The molecular formula is C20H42OSi2. The van der Waals surface area contributed by atoms with Crippen LogP contribution < -0.4 is 0 Å². The molecule has 0 aliphatic heterocycles. The fourth-order valence-corrected chi connectivity index (χ4v) is 18.1. The highest BCUT2D eigenvalue weighted by atomic mass is 28.4. The summed E-state index contributed by atoms with van der Waals surface area (Å²) in [7, 11) is -3.09. The molecule has 0 N–H and O–H groups in total. The Hall–Kier alpha value is 0.394. The minimum Gasteiger partial charge on any atom is -0.455 e. The third-order valence-corrected chi connectivity index (χ3v) is 18.2. The highest BCUT2D eigenvalue weighted by Crippen LogP contribution is 2.47. The summed E-state index contributed by atoms with van der Waals surface area (Å²) in [5.41, 5.74) is 1.92. The van der Waals surface area contributed by atoms with Crippen LogP contribution in [0.3, 0.4) is 0 Å². The van der Waals surface area contributed by atoms with E-state index in [2.05, 4.69) is 26.9 Å². The summed E-state index contributed by atoms with van der Waals surface area (Å²) in [4.78, 5) is 0. The van der Waals surface area contributed by atoms with Crippen LogP contribution in [-0.2, 0) is 4.12 Å². The molecule has 0 amide bonds. The molecule has 0 radical (unpaired) electrons. The molecule has 0 bridgehead atoms. The molecule has 3 heteroatoms. The van der Waals surface area contributed by atoms with Crippen molar-refractivity contribution in [1.82, 2.24) is 0 Å². The third kappa shape index (κ3) is 5.18. The lowest BCUT2D eigenvalue weighted by Crippen LogP contribution is -2.53. The van der Waals surface area contributed by atoms with E-state index in [4.69, 9.17) is 4.12 Å². The van der Waals surface area contributed by atoms with Gasteiger partial charge in [-0.25, -0.2) is 0 Å². The first-order chi connectivity index (χ1) is 11.0. The van der Waals surface area contributed by atoms with Gasteiger partial charge in [0.1, 0.15) is 0 Å². The maximum atomic E-state index is 7.46. The Kier molecular flexibility index (Phi) is 7.88. The van der Waals surface area contributed by atoms with E-state index in [9.17, 15) is 0 Å². The van der Waals surface area contributed by atoms with Gasteiger partial charge in [0.05, 0.1) is 0 Å². The Morgan fingerprint density at radius 1 is 0.652 bits per heavy atom. The first-order valence-corrected chi connectivity index (χ1v) is 16.1. The van der Waals surface area contributed by atoms with Crippen LogP contribution in [0.4, 0.5) is 0 Å². The summed E-state index contributed by atoms with van der Waals surface area (Å²) < 4.78 is 7.46. The highest BCUT2D eigenvalue weighted by Gasteiger charge is 2.47. The van der Waals surface area contributed by atoms with Gasteiger partial charge in [0.25, 0.3) is 0 Å². The summed E-state index contributed by atoms with van der Waals surface area (Å²) in [6.07, 6.45) is 17.4. The molecule has 0 heterocycles. The standard InChI is InChI=1S/C20H42OSi2/c1-5-17-22(3,19-13-9-7-10-14-19)21-23(4,18-6-2)20-15-11-8-12-16-20/h19-20H,5-18H2,1-4H3. The minimum absolute atomic E-state index is 0.962. The summed E-state index contributed by atoms with van der Waals surface area (Å²) in [5, 5.41) is 0. The van der Waals surface area contributed by atoms with Crippen LogP contribution in [0.15, 0.2) is 0 Å². The number of hydrogen-bond donors (Lipinski definition) is 0. The van der Waals surface area contributed by atoms with Crippen molar-refractivity contribution in [3.8, 4) is 0 Å². The number of rotatable bonds is 8. The van der Waals surface area contributed by atoms with Crippen molar-refractivity contribution >= 4 is 16.6 Å². The largest absolute Gasteiger partial charge is 0.455 e. The smallest absolute Gasteiger partial charge is 0.179 e. The van der Waals surface area contributed by atoms with E-state index in [0.717, 1.165) is 11.1 Å². The molecule has 23 heavy (non-hydrogen) atoms. The van der Waals surface area contributed by atoms with Gasteiger partial charge in [-0.05, 0) is 36.3 Å². The second-order valence-electron chi connectivity index (χ2n) is 8.90. The van der Waals surface area contributed by atoms with Crippen LogP contribution in [0, 0.1) is 0 Å². The predicted molar refractivity (Wildman–Crippen MR) is 108 cm³/mol. The Labute approximate surface area is 148 Å². The van der Waals surface area contributed by atoms with Crippen LogP contribution >= 0.6 is 0 Å². The van der Waals surface area contributed by atoms with E-state index >= 15 is 0 Å². The summed E-state index contributed by atoms with van der Waals surface area (Å²) >= 11 is 0. The predicted octanol–water partition coefficient (Wildman–Crippen LogP) is 7.64. The maximum absolute atomic E-state index is 7.46. The Morgan fingerprint density at radius 3 is 1.30 bits per heavy atom.